The number of hydrogen-bond donors (Lipinski definition) is 1. The zero-order valence-corrected chi connectivity index (χ0v) is 18.6. The Kier molecular flexibility index (Phi) is 4.73. The fourth-order valence-electron chi connectivity index (χ4n) is 4.50. The summed E-state index contributed by atoms with van der Waals surface area (Å²) in [6.45, 7) is 3.97. The SMILES string of the molecule is CCc1nn(C)c2c1-c1cnc(N)c(c1)O[C@H](C)c1cc(F)ccc1-c1nn(C)cc1C2. The van der Waals surface area contributed by atoms with Crippen molar-refractivity contribution in [1.29, 1.82) is 0 Å². The molecule has 164 valence electrons. The lowest BCUT2D eigenvalue weighted by Gasteiger charge is -2.21. The molecule has 0 saturated carbocycles. The average molecular weight is 433 g/mol. The second-order valence-corrected chi connectivity index (χ2v) is 8.20. The first-order valence-corrected chi connectivity index (χ1v) is 10.6. The molecule has 0 fully saturated rings. The summed E-state index contributed by atoms with van der Waals surface area (Å²) < 4.78 is 24.2. The van der Waals surface area contributed by atoms with Gasteiger partial charge in [0.2, 0.25) is 0 Å². The molecule has 32 heavy (non-hydrogen) atoms. The van der Waals surface area contributed by atoms with Gasteiger partial charge in [-0.05, 0) is 37.6 Å². The third kappa shape index (κ3) is 3.23. The Hall–Kier alpha value is -3.68. The molecule has 0 radical (unpaired) electrons. The first-order chi connectivity index (χ1) is 15.4. The van der Waals surface area contributed by atoms with Crippen LogP contribution in [-0.2, 0) is 26.9 Å². The van der Waals surface area contributed by atoms with Gasteiger partial charge in [0.1, 0.15) is 11.9 Å². The van der Waals surface area contributed by atoms with Crippen molar-refractivity contribution in [2.75, 3.05) is 5.73 Å². The maximum atomic E-state index is 14.3. The Balaban J connectivity index is 1.84. The van der Waals surface area contributed by atoms with Crippen molar-refractivity contribution in [3.05, 3.63) is 65.0 Å². The van der Waals surface area contributed by atoms with Gasteiger partial charge in [0.15, 0.2) is 11.6 Å². The fourth-order valence-corrected chi connectivity index (χ4v) is 4.50. The third-order valence-electron chi connectivity index (χ3n) is 6.02. The van der Waals surface area contributed by atoms with Crippen LogP contribution in [0.25, 0.3) is 22.4 Å². The van der Waals surface area contributed by atoms with Gasteiger partial charge in [0.05, 0.1) is 17.1 Å². The van der Waals surface area contributed by atoms with E-state index in [1.807, 2.05) is 38.0 Å². The summed E-state index contributed by atoms with van der Waals surface area (Å²) in [5, 5.41) is 9.50. The second-order valence-electron chi connectivity index (χ2n) is 8.20. The van der Waals surface area contributed by atoms with Crippen LogP contribution in [0.5, 0.6) is 5.75 Å². The summed E-state index contributed by atoms with van der Waals surface area (Å²) in [6, 6.07) is 6.63. The smallest absolute Gasteiger partial charge is 0.166 e. The Morgan fingerprint density at radius 2 is 2.03 bits per heavy atom. The maximum absolute atomic E-state index is 14.3. The minimum Gasteiger partial charge on any atom is -0.482 e. The number of nitrogens with two attached hydrogens (primary N) is 1. The van der Waals surface area contributed by atoms with Crippen molar-refractivity contribution in [1.82, 2.24) is 24.5 Å². The molecule has 2 N–H and O–H groups in total. The molecule has 0 unspecified atom stereocenters. The van der Waals surface area contributed by atoms with Crippen LogP contribution in [0, 0.1) is 5.82 Å². The molecule has 7 nitrogen and oxygen atoms in total. The average Bonchev–Trinajstić information content (AvgIpc) is 3.28. The lowest BCUT2D eigenvalue weighted by molar-refractivity contribution is 0.227. The molecule has 2 bridgehead atoms. The molecule has 3 aromatic heterocycles. The van der Waals surface area contributed by atoms with Crippen LogP contribution >= 0.6 is 0 Å². The van der Waals surface area contributed by atoms with Gasteiger partial charge in [-0.25, -0.2) is 9.37 Å². The summed E-state index contributed by atoms with van der Waals surface area (Å²) in [4.78, 5) is 4.39. The Bertz CT molecular complexity index is 1340. The molecule has 4 aromatic rings. The first kappa shape index (κ1) is 20.2. The second kappa shape index (κ2) is 7.47. The minimum absolute atomic E-state index is 0.289. The number of ether oxygens (including phenoxy) is 1. The van der Waals surface area contributed by atoms with Crippen LogP contribution < -0.4 is 10.5 Å². The molecule has 0 spiro atoms. The van der Waals surface area contributed by atoms with Crippen molar-refractivity contribution >= 4 is 5.82 Å². The van der Waals surface area contributed by atoms with E-state index in [4.69, 9.17) is 20.7 Å². The predicted molar refractivity (Wildman–Crippen MR) is 121 cm³/mol. The molecule has 8 heteroatoms. The van der Waals surface area contributed by atoms with E-state index >= 15 is 0 Å². The Labute approximate surface area is 185 Å². The summed E-state index contributed by atoms with van der Waals surface area (Å²) in [7, 11) is 3.84. The van der Waals surface area contributed by atoms with E-state index in [9.17, 15) is 4.39 Å². The molecule has 1 aliphatic rings. The van der Waals surface area contributed by atoms with Crippen molar-refractivity contribution in [3.8, 4) is 28.1 Å². The summed E-state index contributed by atoms with van der Waals surface area (Å²) in [6.07, 6.45) is 4.70. The molecular weight excluding hydrogens is 407 g/mol. The van der Waals surface area contributed by atoms with Crippen LogP contribution in [0.4, 0.5) is 10.2 Å². The van der Waals surface area contributed by atoms with E-state index in [1.54, 1.807) is 16.9 Å². The van der Waals surface area contributed by atoms with Crippen LogP contribution in [0.2, 0.25) is 0 Å². The minimum atomic E-state index is -0.464. The lowest BCUT2D eigenvalue weighted by atomic mass is 9.94. The Morgan fingerprint density at radius 1 is 1.22 bits per heavy atom. The predicted octanol–water partition coefficient (Wildman–Crippen LogP) is 4.21. The van der Waals surface area contributed by atoms with Gasteiger partial charge in [0.25, 0.3) is 0 Å². The summed E-state index contributed by atoms with van der Waals surface area (Å²) >= 11 is 0. The summed E-state index contributed by atoms with van der Waals surface area (Å²) in [5.74, 6) is 0.423. The van der Waals surface area contributed by atoms with E-state index in [0.29, 0.717) is 17.7 Å². The van der Waals surface area contributed by atoms with Gasteiger partial charge >= 0.3 is 0 Å². The van der Waals surface area contributed by atoms with E-state index in [0.717, 1.165) is 45.8 Å². The fraction of sp³-hybridized carbons (Fsp3) is 0.292. The highest BCUT2D eigenvalue weighted by molar-refractivity contribution is 5.74. The zero-order chi connectivity index (χ0) is 22.6. The maximum Gasteiger partial charge on any atom is 0.166 e. The molecule has 1 atom stereocenters. The normalized spacial score (nSPS) is 15.1. The number of halogens is 1. The van der Waals surface area contributed by atoms with Crippen LogP contribution in [0.1, 0.15) is 42.5 Å². The van der Waals surface area contributed by atoms with E-state index in [-0.39, 0.29) is 11.6 Å². The highest BCUT2D eigenvalue weighted by Gasteiger charge is 2.25. The molecular formula is C24H25FN6O. The van der Waals surface area contributed by atoms with Gasteiger partial charge in [0, 0.05) is 60.7 Å². The van der Waals surface area contributed by atoms with Gasteiger partial charge in [-0.1, -0.05) is 6.92 Å². The summed E-state index contributed by atoms with van der Waals surface area (Å²) in [5.41, 5.74) is 13.5. The Morgan fingerprint density at radius 3 is 2.81 bits per heavy atom. The number of aryl methyl sites for hydroxylation is 3. The number of aromatic nitrogens is 5. The molecule has 1 aliphatic heterocycles. The van der Waals surface area contributed by atoms with Crippen molar-refractivity contribution in [3.63, 3.8) is 0 Å². The molecule has 1 aromatic carbocycles. The topological polar surface area (TPSA) is 83.8 Å². The van der Waals surface area contributed by atoms with Crippen LogP contribution in [0.15, 0.2) is 36.7 Å². The van der Waals surface area contributed by atoms with Crippen molar-refractivity contribution in [2.45, 2.75) is 32.8 Å². The number of anilines is 1. The lowest BCUT2D eigenvalue weighted by Crippen LogP contribution is -2.10. The molecule has 5 rings (SSSR count). The third-order valence-corrected chi connectivity index (χ3v) is 6.02. The van der Waals surface area contributed by atoms with Gasteiger partial charge in [-0.15, -0.1) is 0 Å². The molecule has 0 amide bonds. The zero-order valence-electron chi connectivity index (χ0n) is 18.6. The quantitative estimate of drug-likeness (QED) is 0.487. The van der Waals surface area contributed by atoms with Gasteiger partial charge < -0.3 is 10.5 Å². The molecule has 0 aliphatic carbocycles. The number of benzene rings is 1. The highest BCUT2D eigenvalue weighted by atomic mass is 19.1. The van der Waals surface area contributed by atoms with Crippen LogP contribution in [-0.4, -0.2) is 24.5 Å². The largest absolute Gasteiger partial charge is 0.482 e. The molecule has 0 saturated heterocycles. The first-order valence-electron chi connectivity index (χ1n) is 10.6. The van der Waals surface area contributed by atoms with Crippen LogP contribution in [0.3, 0.4) is 0 Å². The van der Waals surface area contributed by atoms with Crippen molar-refractivity contribution in [2.24, 2.45) is 14.1 Å². The number of fused-ring (bicyclic) bond motifs is 7. The van der Waals surface area contributed by atoms with E-state index in [1.165, 1.54) is 12.1 Å². The number of pyridine rings is 1. The van der Waals surface area contributed by atoms with E-state index < -0.39 is 6.10 Å². The van der Waals surface area contributed by atoms with Crippen molar-refractivity contribution < 1.29 is 9.13 Å². The number of nitrogens with zero attached hydrogens (tertiary/aromatic N) is 5. The number of nitrogen functional groups attached to an aromatic ring is 1. The number of rotatable bonds is 1. The van der Waals surface area contributed by atoms with Gasteiger partial charge in [-0.2, -0.15) is 10.2 Å². The monoisotopic (exact) mass is 432 g/mol. The highest BCUT2D eigenvalue weighted by Crippen LogP contribution is 2.39. The molecule has 4 heterocycles. The van der Waals surface area contributed by atoms with E-state index in [2.05, 4.69) is 11.9 Å². The standard InChI is InChI=1S/C24H25FN6O/c1-5-19-22-14-9-21(24(26)27-11-14)32-13(2)18-10-16(25)6-7-17(18)23-15(12-30(3)29-23)8-20(22)31(4)28-19/h6-7,9-13H,5,8H2,1-4H3,(H2,26,27)/t13-/m1/s1. The van der Waals surface area contributed by atoms with Gasteiger partial charge in [-0.3, -0.25) is 9.36 Å². The number of hydrogen-bond acceptors (Lipinski definition) is 5.